The lowest BCUT2D eigenvalue weighted by atomic mass is 10.1. The third kappa shape index (κ3) is 2.48. The van der Waals surface area contributed by atoms with Crippen LogP contribution >= 0.6 is 11.6 Å². The lowest BCUT2D eigenvalue weighted by Gasteiger charge is -2.14. The second kappa shape index (κ2) is 5.65. The fourth-order valence-corrected chi connectivity index (χ4v) is 2.45. The van der Waals surface area contributed by atoms with Gasteiger partial charge in [-0.2, -0.15) is 0 Å². The second-order valence-electron chi connectivity index (χ2n) is 4.62. The summed E-state index contributed by atoms with van der Waals surface area (Å²) in [6, 6.07) is 7.83. The van der Waals surface area contributed by atoms with Crippen LogP contribution < -0.4 is 5.43 Å². The molecule has 0 radical (unpaired) electrons. The third-order valence-corrected chi connectivity index (χ3v) is 3.51. The zero-order chi connectivity index (χ0) is 15.7. The highest BCUT2D eigenvalue weighted by atomic mass is 35.5. The Bertz CT molecular complexity index is 900. The number of rotatable bonds is 3. The summed E-state index contributed by atoms with van der Waals surface area (Å²) in [5.74, 6) is -0.600. The number of benzene rings is 1. The van der Waals surface area contributed by atoms with Crippen molar-refractivity contribution < 1.29 is 14.1 Å². The van der Waals surface area contributed by atoms with Gasteiger partial charge in [0.25, 0.3) is 0 Å². The van der Waals surface area contributed by atoms with Crippen molar-refractivity contribution in [1.29, 1.82) is 0 Å². The van der Waals surface area contributed by atoms with E-state index < -0.39 is 5.97 Å². The van der Waals surface area contributed by atoms with Gasteiger partial charge in [-0.3, -0.25) is 4.79 Å². The molecule has 0 aliphatic rings. The van der Waals surface area contributed by atoms with Crippen LogP contribution in [0.1, 0.15) is 16.2 Å². The molecule has 0 unspecified atom stereocenters. The Hall–Kier alpha value is -2.60. The van der Waals surface area contributed by atoms with Crippen molar-refractivity contribution in [3.63, 3.8) is 0 Å². The van der Waals surface area contributed by atoms with E-state index >= 15 is 0 Å². The molecule has 0 bridgehead atoms. The third-order valence-electron chi connectivity index (χ3n) is 3.28. The molecule has 0 aliphatic carbocycles. The van der Waals surface area contributed by atoms with Crippen LogP contribution in [0.4, 0.5) is 0 Å². The molecular formula is C15H11ClN2O4. The summed E-state index contributed by atoms with van der Waals surface area (Å²) >= 11 is 5.95. The van der Waals surface area contributed by atoms with E-state index in [1.54, 1.807) is 28.8 Å². The Kier molecular flexibility index (Phi) is 3.68. The number of carbonyl (C=O) groups is 1. The van der Waals surface area contributed by atoms with E-state index in [0.29, 0.717) is 21.6 Å². The molecule has 1 aromatic carbocycles. The highest BCUT2D eigenvalue weighted by Gasteiger charge is 2.17. The van der Waals surface area contributed by atoms with Crippen LogP contribution in [0.5, 0.6) is 0 Å². The molecule has 0 atom stereocenters. The Morgan fingerprint density at radius 3 is 2.86 bits per heavy atom. The predicted octanol–water partition coefficient (Wildman–Crippen LogP) is 2.48. The second-order valence-corrected chi connectivity index (χ2v) is 5.06. The molecule has 3 rings (SSSR count). The Balaban J connectivity index is 2.30. The first-order valence-electron chi connectivity index (χ1n) is 6.41. The number of nitrogens with zero attached hydrogens (tertiary/aromatic N) is 2. The quantitative estimate of drug-likeness (QED) is 0.694. The van der Waals surface area contributed by atoms with Gasteiger partial charge in [0.15, 0.2) is 5.43 Å². The van der Waals surface area contributed by atoms with Gasteiger partial charge in [0.2, 0.25) is 0 Å². The number of hydrogen-bond donors (Lipinski definition) is 0. The van der Waals surface area contributed by atoms with E-state index in [0.717, 1.165) is 0 Å². The van der Waals surface area contributed by atoms with Gasteiger partial charge in [-0.25, -0.2) is 4.79 Å². The molecule has 6 nitrogen and oxygen atoms in total. The number of esters is 1. The standard InChI is InChI=1S/C15H11ClN2O4/c1-21-15(20)13-7-14(19)11-6-9(16)2-3-12(11)18(13)8-10-4-5-22-17-10/h2-7H,8H2,1H3. The number of fused-ring (bicyclic) bond motifs is 1. The topological polar surface area (TPSA) is 74.3 Å². The molecular weight excluding hydrogens is 308 g/mol. The molecule has 0 aliphatic heterocycles. The van der Waals surface area contributed by atoms with Crippen LogP contribution in [0.25, 0.3) is 10.9 Å². The summed E-state index contributed by atoms with van der Waals surface area (Å²) in [6.07, 6.45) is 1.44. The molecule has 7 heteroatoms. The number of methoxy groups -OCH3 is 1. The van der Waals surface area contributed by atoms with Gasteiger partial charge in [0.1, 0.15) is 17.7 Å². The molecule has 112 valence electrons. The monoisotopic (exact) mass is 318 g/mol. The molecule has 0 saturated carbocycles. The maximum atomic E-state index is 12.2. The largest absolute Gasteiger partial charge is 0.464 e. The first-order valence-corrected chi connectivity index (χ1v) is 6.78. The molecule has 0 amide bonds. The van der Waals surface area contributed by atoms with E-state index in [2.05, 4.69) is 5.16 Å². The molecule has 0 fully saturated rings. The van der Waals surface area contributed by atoms with E-state index in [1.165, 1.54) is 19.4 Å². The highest BCUT2D eigenvalue weighted by molar-refractivity contribution is 6.31. The molecule has 2 heterocycles. The number of aromatic nitrogens is 2. The summed E-state index contributed by atoms with van der Waals surface area (Å²) in [5, 5.41) is 4.70. The lowest BCUT2D eigenvalue weighted by molar-refractivity contribution is 0.0588. The SMILES string of the molecule is COC(=O)c1cc(=O)c2cc(Cl)ccc2n1Cc1ccon1. The van der Waals surface area contributed by atoms with Gasteiger partial charge >= 0.3 is 5.97 Å². The molecule has 22 heavy (non-hydrogen) atoms. The highest BCUT2D eigenvalue weighted by Crippen LogP contribution is 2.19. The zero-order valence-corrected chi connectivity index (χ0v) is 12.3. The number of hydrogen-bond acceptors (Lipinski definition) is 5. The molecule has 3 aromatic rings. The van der Waals surface area contributed by atoms with Crippen molar-refractivity contribution in [2.45, 2.75) is 6.54 Å². The maximum Gasteiger partial charge on any atom is 0.354 e. The predicted molar refractivity (Wildman–Crippen MR) is 80.2 cm³/mol. The molecule has 0 spiro atoms. The van der Waals surface area contributed by atoms with Gasteiger partial charge in [-0.05, 0) is 18.2 Å². The van der Waals surface area contributed by atoms with Gasteiger partial charge in [0, 0.05) is 22.5 Å². The van der Waals surface area contributed by atoms with Crippen LogP contribution in [0, 0.1) is 0 Å². The van der Waals surface area contributed by atoms with Crippen molar-refractivity contribution in [3.8, 4) is 0 Å². The molecule has 0 saturated heterocycles. The van der Waals surface area contributed by atoms with Gasteiger partial charge in [0.05, 0.1) is 19.2 Å². The Morgan fingerprint density at radius 1 is 1.36 bits per heavy atom. The van der Waals surface area contributed by atoms with Crippen LogP contribution in [-0.2, 0) is 11.3 Å². The summed E-state index contributed by atoms with van der Waals surface area (Å²) < 4.78 is 11.2. The number of ether oxygens (including phenoxy) is 1. The fraction of sp³-hybridized carbons (Fsp3) is 0.133. The minimum absolute atomic E-state index is 0.144. The minimum Gasteiger partial charge on any atom is -0.464 e. The van der Waals surface area contributed by atoms with Crippen LogP contribution in [0.2, 0.25) is 5.02 Å². The van der Waals surface area contributed by atoms with E-state index in [-0.39, 0.29) is 17.7 Å². The maximum absolute atomic E-state index is 12.2. The normalized spacial score (nSPS) is 10.8. The average molecular weight is 319 g/mol. The van der Waals surface area contributed by atoms with Crippen LogP contribution in [0.15, 0.2) is 45.9 Å². The van der Waals surface area contributed by atoms with Crippen molar-refractivity contribution in [2.75, 3.05) is 7.11 Å². The minimum atomic E-state index is -0.600. The summed E-state index contributed by atoms with van der Waals surface area (Å²) in [7, 11) is 1.26. The first kappa shape index (κ1) is 14.3. The van der Waals surface area contributed by atoms with Crippen LogP contribution in [0.3, 0.4) is 0 Å². The van der Waals surface area contributed by atoms with Crippen molar-refractivity contribution in [3.05, 3.63) is 63.2 Å². The lowest BCUT2D eigenvalue weighted by Crippen LogP contribution is -2.20. The Morgan fingerprint density at radius 2 is 2.18 bits per heavy atom. The van der Waals surface area contributed by atoms with E-state index in [1.807, 2.05) is 0 Å². The van der Waals surface area contributed by atoms with Crippen LogP contribution in [-0.4, -0.2) is 22.8 Å². The van der Waals surface area contributed by atoms with Gasteiger partial charge in [-0.15, -0.1) is 0 Å². The number of carbonyl (C=O) groups excluding carboxylic acids is 1. The number of pyridine rings is 1. The van der Waals surface area contributed by atoms with E-state index in [9.17, 15) is 9.59 Å². The Labute approximate surface area is 129 Å². The first-order chi connectivity index (χ1) is 10.6. The van der Waals surface area contributed by atoms with Gasteiger partial charge < -0.3 is 13.8 Å². The van der Waals surface area contributed by atoms with Crippen molar-refractivity contribution >= 4 is 28.5 Å². The van der Waals surface area contributed by atoms with E-state index in [4.69, 9.17) is 20.9 Å². The number of halogens is 1. The fourth-order valence-electron chi connectivity index (χ4n) is 2.28. The average Bonchev–Trinajstić information content (AvgIpc) is 3.02. The smallest absolute Gasteiger partial charge is 0.354 e. The molecule has 0 N–H and O–H groups in total. The van der Waals surface area contributed by atoms with Crippen molar-refractivity contribution in [2.24, 2.45) is 0 Å². The van der Waals surface area contributed by atoms with Gasteiger partial charge in [-0.1, -0.05) is 16.8 Å². The van der Waals surface area contributed by atoms with Crippen molar-refractivity contribution in [1.82, 2.24) is 9.72 Å². The summed E-state index contributed by atoms with van der Waals surface area (Å²) in [6.45, 7) is 0.263. The zero-order valence-electron chi connectivity index (χ0n) is 11.6. The molecule has 2 aromatic heterocycles. The summed E-state index contributed by atoms with van der Waals surface area (Å²) in [4.78, 5) is 24.2. The summed E-state index contributed by atoms with van der Waals surface area (Å²) in [5.41, 5.74) is 1.03.